The van der Waals surface area contributed by atoms with Crippen LogP contribution in [0.5, 0.6) is 5.75 Å². The Bertz CT molecular complexity index is 1170. The molecule has 2 amide bonds. The molecule has 1 N–H and O–H groups in total. The van der Waals surface area contributed by atoms with Crippen molar-refractivity contribution in [3.8, 4) is 17.1 Å². The fourth-order valence-corrected chi connectivity index (χ4v) is 4.51. The molecule has 1 aliphatic rings. The molecule has 0 aliphatic carbocycles. The number of aromatic nitrogens is 1. The maximum absolute atomic E-state index is 12.9. The summed E-state index contributed by atoms with van der Waals surface area (Å²) >= 11 is 12.1. The van der Waals surface area contributed by atoms with Crippen LogP contribution in [0.15, 0.2) is 47.0 Å². The van der Waals surface area contributed by atoms with E-state index in [4.69, 9.17) is 32.4 Å². The summed E-state index contributed by atoms with van der Waals surface area (Å²) < 4.78 is 11.3. The quantitative estimate of drug-likeness (QED) is 0.478. The van der Waals surface area contributed by atoms with Crippen molar-refractivity contribution in [3.63, 3.8) is 0 Å². The first-order chi connectivity index (χ1) is 16.4. The third-order valence-electron chi connectivity index (χ3n) is 5.97. The Morgan fingerprint density at radius 2 is 2.03 bits per heavy atom. The minimum absolute atomic E-state index is 0.0268. The van der Waals surface area contributed by atoms with Crippen LogP contribution in [-0.4, -0.2) is 48.7 Å². The first-order valence-electron chi connectivity index (χ1n) is 11.2. The van der Waals surface area contributed by atoms with E-state index in [9.17, 15) is 4.79 Å². The molecule has 7 nitrogen and oxygen atoms in total. The van der Waals surface area contributed by atoms with E-state index in [0.717, 1.165) is 35.5 Å². The summed E-state index contributed by atoms with van der Waals surface area (Å²) in [6.45, 7) is 6.50. The highest BCUT2D eigenvalue weighted by Crippen LogP contribution is 2.34. The third-order valence-corrected chi connectivity index (χ3v) is 6.71. The van der Waals surface area contributed by atoms with E-state index < -0.39 is 0 Å². The first kappa shape index (κ1) is 24.2. The number of carbonyl (C=O) groups is 1. The lowest BCUT2D eigenvalue weighted by Crippen LogP contribution is -2.47. The number of ether oxygens (including phenoxy) is 1. The molecule has 1 aliphatic heterocycles. The zero-order valence-electron chi connectivity index (χ0n) is 19.5. The number of amides is 2. The van der Waals surface area contributed by atoms with Crippen LogP contribution in [0, 0.1) is 6.92 Å². The molecule has 4 rings (SSSR count). The van der Waals surface area contributed by atoms with E-state index in [1.807, 2.05) is 30.0 Å². The summed E-state index contributed by atoms with van der Waals surface area (Å²) in [4.78, 5) is 21.3. The minimum atomic E-state index is -0.0889. The molecule has 0 bridgehead atoms. The molecule has 9 heteroatoms. The third kappa shape index (κ3) is 5.42. The molecule has 2 aromatic carbocycles. The Labute approximate surface area is 209 Å². The van der Waals surface area contributed by atoms with Gasteiger partial charge in [0.15, 0.2) is 11.7 Å². The largest absolute Gasteiger partial charge is 0.496 e. The number of aryl methyl sites for hydroxylation is 1. The van der Waals surface area contributed by atoms with Gasteiger partial charge in [0.25, 0.3) is 0 Å². The number of oxazole rings is 1. The smallest absolute Gasteiger partial charge is 0.317 e. The van der Waals surface area contributed by atoms with Gasteiger partial charge in [0, 0.05) is 50.9 Å². The zero-order chi connectivity index (χ0) is 24.2. The van der Waals surface area contributed by atoms with Crippen molar-refractivity contribution >= 4 is 34.9 Å². The van der Waals surface area contributed by atoms with Gasteiger partial charge in [0.1, 0.15) is 5.75 Å². The number of hydrogen-bond acceptors (Lipinski definition) is 5. The van der Waals surface area contributed by atoms with Gasteiger partial charge < -0.3 is 24.3 Å². The second-order valence-corrected chi connectivity index (χ2v) is 9.19. The van der Waals surface area contributed by atoms with Gasteiger partial charge in [-0.1, -0.05) is 29.3 Å². The second-order valence-electron chi connectivity index (χ2n) is 8.38. The van der Waals surface area contributed by atoms with Gasteiger partial charge in [-0.05, 0) is 43.2 Å². The summed E-state index contributed by atoms with van der Waals surface area (Å²) in [5, 5.41) is 3.98. The molecule has 1 saturated heterocycles. The van der Waals surface area contributed by atoms with Crippen LogP contribution in [-0.2, 0) is 6.54 Å². The van der Waals surface area contributed by atoms with Crippen LogP contribution >= 0.6 is 23.2 Å². The zero-order valence-corrected chi connectivity index (χ0v) is 21.0. The van der Waals surface area contributed by atoms with Gasteiger partial charge in [-0.25, -0.2) is 9.78 Å². The van der Waals surface area contributed by atoms with Crippen molar-refractivity contribution in [3.05, 3.63) is 64.1 Å². The lowest BCUT2D eigenvalue weighted by molar-refractivity contribution is 0.183. The molecule has 0 radical (unpaired) electrons. The molecular weight excluding hydrogens is 475 g/mol. The number of halogens is 2. The molecule has 2 heterocycles. The SMILES string of the molecule is COc1cc(N2CCCN(C(=O)NCc3ccc(Cl)c(Cl)c3)C(C)C2)ccc1-c1cnc(C)o1. The van der Waals surface area contributed by atoms with Crippen molar-refractivity contribution in [2.45, 2.75) is 32.9 Å². The molecule has 180 valence electrons. The maximum atomic E-state index is 12.9. The average molecular weight is 503 g/mol. The van der Waals surface area contributed by atoms with E-state index >= 15 is 0 Å². The molecule has 0 spiro atoms. The van der Waals surface area contributed by atoms with Gasteiger partial charge in [-0.15, -0.1) is 0 Å². The number of hydrogen-bond donors (Lipinski definition) is 1. The van der Waals surface area contributed by atoms with Gasteiger partial charge in [0.05, 0.1) is 28.9 Å². The van der Waals surface area contributed by atoms with Crippen molar-refractivity contribution < 1.29 is 13.9 Å². The molecule has 0 saturated carbocycles. The Hall–Kier alpha value is -2.90. The first-order valence-corrected chi connectivity index (χ1v) is 12.0. The number of nitrogens with one attached hydrogen (secondary N) is 1. The highest BCUT2D eigenvalue weighted by atomic mass is 35.5. The lowest BCUT2D eigenvalue weighted by atomic mass is 10.1. The Morgan fingerprint density at radius 1 is 1.21 bits per heavy atom. The van der Waals surface area contributed by atoms with Crippen molar-refractivity contribution in [1.82, 2.24) is 15.2 Å². The lowest BCUT2D eigenvalue weighted by Gasteiger charge is -2.30. The van der Waals surface area contributed by atoms with Crippen molar-refractivity contribution in [2.75, 3.05) is 31.6 Å². The Kier molecular flexibility index (Phi) is 7.54. The molecule has 1 unspecified atom stereocenters. The van der Waals surface area contributed by atoms with Gasteiger partial charge in [-0.2, -0.15) is 0 Å². The maximum Gasteiger partial charge on any atom is 0.317 e. The van der Waals surface area contributed by atoms with Crippen LogP contribution < -0.4 is 15.0 Å². The second kappa shape index (κ2) is 10.6. The predicted octanol–water partition coefficient (Wildman–Crippen LogP) is 5.78. The molecule has 1 atom stereocenters. The summed E-state index contributed by atoms with van der Waals surface area (Å²) in [6.07, 6.45) is 2.56. The molecular formula is C25H28Cl2N4O3. The van der Waals surface area contributed by atoms with E-state index in [2.05, 4.69) is 28.2 Å². The Balaban J connectivity index is 1.42. The predicted molar refractivity (Wildman–Crippen MR) is 135 cm³/mol. The fourth-order valence-electron chi connectivity index (χ4n) is 4.19. The van der Waals surface area contributed by atoms with Crippen LogP contribution in [0.3, 0.4) is 0 Å². The van der Waals surface area contributed by atoms with Crippen LogP contribution in [0.4, 0.5) is 10.5 Å². The normalized spacial score (nSPS) is 16.3. The van der Waals surface area contributed by atoms with Crippen molar-refractivity contribution in [2.24, 2.45) is 0 Å². The summed E-state index contributed by atoms with van der Waals surface area (Å²) in [7, 11) is 1.65. The van der Waals surface area contributed by atoms with Crippen LogP contribution in [0.1, 0.15) is 24.8 Å². The van der Waals surface area contributed by atoms with E-state index in [1.54, 1.807) is 25.4 Å². The number of urea groups is 1. The number of carbonyl (C=O) groups excluding carboxylic acids is 1. The molecule has 34 heavy (non-hydrogen) atoms. The van der Waals surface area contributed by atoms with E-state index in [1.165, 1.54) is 0 Å². The summed E-state index contributed by atoms with van der Waals surface area (Å²) in [5.74, 6) is 2.01. The highest BCUT2D eigenvalue weighted by molar-refractivity contribution is 6.42. The van der Waals surface area contributed by atoms with Crippen molar-refractivity contribution in [1.29, 1.82) is 0 Å². The Morgan fingerprint density at radius 3 is 2.74 bits per heavy atom. The van der Waals surface area contributed by atoms with Gasteiger partial charge >= 0.3 is 6.03 Å². The molecule has 1 aromatic heterocycles. The van der Waals surface area contributed by atoms with E-state index in [0.29, 0.717) is 41.3 Å². The summed E-state index contributed by atoms with van der Waals surface area (Å²) in [6, 6.07) is 11.4. The van der Waals surface area contributed by atoms with E-state index in [-0.39, 0.29) is 12.1 Å². The average Bonchev–Trinajstić information content (AvgIpc) is 3.16. The fraction of sp³-hybridized carbons (Fsp3) is 0.360. The monoisotopic (exact) mass is 502 g/mol. The topological polar surface area (TPSA) is 70.8 Å². The van der Waals surface area contributed by atoms with Gasteiger partial charge in [-0.3, -0.25) is 0 Å². The molecule has 1 fully saturated rings. The number of nitrogens with zero attached hydrogens (tertiary/aromatic N) is 3. The number of benzene rings is 2. The minimum Gasteiger partial charge on any atom is -0.496 e. The standard InChI is InChI=1S/C25H28Cl2N4O3/c1-16-15-30(19-6-7-20(23(12-19)33-3)24-14-28-17(2)34-24)9-4-10-31(16)25(32)29-13-18-5-8-21(26)22(27)11-18/h5-8,11-12,14,16H,4,9-10,13,15H2,1-3H3,(H,29,32). The number of rotatable bonds is 5. The van der Waals surface area contributed by atoms with Gasteiger partial charge in [0.2, 0.25) is 0 Å². The highest BCUT2D eigenvalue weighted by Gasteiger charge is 2.26. The summed E-state index contributed by atoms with van der Waals surface area (Å²) in [5.41, 5.74) is 2.81. The van der Waals surface area contributed by atoms with Crippen LogP contribution in [0.2, 0.25) is 10.0 Å². The number of methoxy groups -OCH3 is 1. The molecule has 3 aromatic rings. The number of anilines is 1. The van der Waals surface area contributed by atoms with Crippen LogP contribution in [0.25, 0.3) is 11.3 Å².